The summed E-state index contributed by atoms with van der Waals surface area (Å²) in [5, 5.41) is 0.627. The second-order valence-corrected chi connectivity index (χ2v) is 8.88. The van der Waals surface area contributed by atoms with E-state index in [2.05, 4.69) is 15.9 Å². The van der Waals surface area contributed by atoms with Gasteiger partial charge in [0.1, 0.15) is 0 Å². The molecule has 0 spiro atoms. The molecule has 172 valence electrons. The number of fused-ring (bicyclic) bond motifs is 1. The van der Waals surface area contributed by atoms with Crippen LogP contribution in [0, 0.1) is 13.8 Å². The lowest BCUT2D eigenvalue weighted by Gasteiger charge is -2.18. The van der Waals surface area contributed by atoms with Crippen LogP contribution in [0.3, 0.4) is 0 Å². The molecule has 0 bridgehead atoms. The Balaban J connectivity index is 1.81. The number of esters is 2. The average Bonchev–Trinajstić information content (AvgIpc) is 2.84. The Hall–Kier alpha value is -3.51. The Kier molecular flexibility index (Phi) is 7.08. The topological polar surface area (TPSA) is 65.5 Å². The van der Waals surface area contributed by atoms with E-state index in [-0.39, 0.29) is 6.61 Å². The van der Waals surface area contributed by atoms with Crippen LogP contribution in [-0.2, 0) is 14.3 Å². The molecule has 0 unspecified atom stereocenters. The Labute approximate surface area is 206 Å². The third-order valence-corrected chi connectivity index (χ3v) is 6.11. The average molecular weight is 518 g/mol. The fourth-order valence-corrected chi connectivity index (χ4v) is 4.05. The van der Waals surface area contributed by atoms with Crippen LogP contribution in [0.1, 0.15) is 40.1 Å². The quantitative estimate of drug-likeness (QED) is 0.265. The van der Waals surface area contributed by atoms with Crippen molar-refractivity contribution in [3.63, 3.8) is 0 Å². The summed E-state index contributed by atoms with van der Waals surface area (Å²) in [6.45, 7) is 5.98. The van der Waals surface area contributed by atoms with Crippen LogP contribution < -0.4 is 0 Å². The van der Waals surface area contributed by atoms with E-state index in [1.54, 1.807) is 37.3 Å². The Bertz CT molecular complexity index is 1370. The van der Waals surface area contributed by atoms with Crippen LogP contribution in [0.5, 0.6) is 0 Å². The minimum atomic E-state index is -1.17. The summed E-state index contributed by atoms with van der Waals surface area (Å²) in [4.78, 5) is 30.9. The van der Waals surface area contributed by atoms with Crippen molar-refractivity contribution in [2.24, 2.45) is 0 Å². The molecule has 3 aromatic carbocycles. The first kappa shape index (κ1) is 23.6. The fourth-order valence-electron chi connectivity index (χ4n) is 3.68. The number of pyridine rings is 1. The van der Waals surface area contributed by atoms with Crippen LogP contribution in [-0.4, -0.2) is 23.5 Å². The molecule has 0 saturated carbocycles. The lowest BCUT2D eigenvalue weighted by Crippen LogP contribution is -2.22. The molecule has 34 heavy (non-hydrogen) atoms. The molecule has 4 aromatic rings. The summed E-state index contributed by atoms with van der Waals surface area (Å²) >= 11 is 3.47. The van der Waals surface area contributed by atoms with E-state index in [9.17, 15) is 9.59 Å². The number of aromatic nitrogens is 1. The van der Waals surface area contributed by atoms with Gasteiger partial charge in [-0.15, -0.1) is 0 Å². The Morgan fingerprint density at radius 3 is 2.41 bits per heavy atom. The molecule has 0 saturated heterocycles. The van der Waals surface area contributed by atoms with Crippen LogP contribution >= 0.6 is 15.9 Å². The number of hydrogen-bond donors (Lipinski definition) is 0. The minimum absolute atomic E-state index is 0.182. The summed E-state index contributed by atoms with van der Waals surface area (Å²) in [7, 11) is 0. The van der Waals surface area contributed by atoms with Gasteiger partial charge in [0.05, 0.1) is 23.4 Å². The normalized spacial score (nSPS) is 11.8. The molecule has 0 aliphatic rings. The highest BCUT2D eigenvalue weighted by Gasteiger charge is 2.28. The minimum Gasteiger partial charge on any atom is -0.463 e. The van der Waals surface area contributed by atoms with Crippen molar-refractivity contribution in [3.8, 4) is 11.3 Å². The van der Waals surface area contributed by atoms with Crippen LogP contribution in [0.25, 0.3) is 22.2 Å². The van der Waals surface area contributed by atoms with Gasteiger partial charge in [0, 0.05) is 21.0 Å². The largest absolute Gasteiger partial charge is 0.463 e. The van der Waals surface area contributed by atoms with E-state index >= 15 is 0 Å². The molecule has 0 N–H and O–H groups in total. The lowest BCUT2D eigenvalue weighted by atomic mass is 10.0. The van der Waals surface area contributed by atoms with Gasteiger partial charge in [0.15, 0.2) is 0 Å². The molecule has 1 heterocycles. The molecule has 1 atom stereocenters. The van der Waals surface area contributed by atoms with Gasteiger partial charge in [-0.05, 0) is 62.2 Å². The third kappa shape index (κ3) is 5.02. The highest BCUT2D eigenvalue weighted by atomic mass is 79.9. The van der Waals surface area contributed by atoms with Gasteiger partial charge in [0.2, 0.25) is 6.10 Å². The molecule has 0 aliphatic heterocycles. The fraction of sp³-hybridized carbons (Fsp3) is 0.179. The van der Waals surface area contributed by atoms with Crippen molar-refractivity contribution < 1.29 is 19.1 Å². The zero-order chi connectivity index (χ0) is 24.2. The number of nitrogens with zero attached hydrogens (tertiary/aromatic N) is 1. The highest BCUT2D eigenvalue weighted by Crippen LogP contribution is 2.30. The first-order valence-corrected chi connectivity index (χ1v) is 11.8. The number of carbonyl (C=O) groups is 2. The summed E-state index contributed by atoms with van der Waals surface area (Å²) < 4.78 is 11.8. The maximum atomic E-state index is 13.5. The predicted octanol–water partition coefficient (Wildman–Crippen LogP) is 6.74. The number of rotatable bonds is 6. The summed E-state index contributed by atoms with van der Waals surface area (Å²) in [6, 6.07) is 22.2. The van der Waals surface area contributed by atoms with Gasteiger partial charge < -0.3 is 9.47 Å². The number of benzene rings is 3. The summed E-state index contributed by atoms with van der Waals surface area (Å²) in [5.41, 5.74) is 5.37. The van der Waals surface area contributed by atoms with E-state index in [4.69, 9.17) is 14.5 Å². The van der Waals surface area contributed by atoms with Gasteiger partial charge in [-0.1, -0.05) is 58.4 Å². The van der Waals surface area contributed by atoms with Crippen molar-refractivity contribution in [1.29, 1.82) is 0 Å². The summed E-state index contributed by atoms with van der Waals surface area (Å²) in [6.07, 6.45) is -1.17. The van der Waals surface area contributed by atoms with Crippen LogP contribution in [0.15, 0.2) is 77.3 Å². The number of ether oxygens (including phenoxy) is 2. The number of carbonyl (C=O) groups excluding carboxylic acids is 2. The van der Waals surface area contributed by atoms with Gasteiger partial charge in [-0.3, -0.25) is 0 Å². The molecular weight excluding hydrogens is 494 g/mol. The van der Waals surface area contributed by atoms with E-state index < -0.39 is 18.0 Å². The number of halogens is 1. The maximum Gasteiger partial charge on any atom is 0.352 e. The van der Waals surface area contributed by atoms with Crippen molar-refractivity contribution in [2.75, 3.05) is 6.61 Å². The predicted molar refractivity (Wildman–Crippen MR) is 136 cm³/mol. The highest BCUT2D eigenvalue weighted by molar-refractivity contribution is 9.10. The zero-order valence-electron chi connectivity index (χ0n) is 19.2. The first-order chi connectivity index (χ1) is 16.4. The zero-order valence-corrected chi connectivity index (χ0v) is 20.8. The Morgan fingerprint density at radius 1 is 0.941 bits per heavy atom. The van der Waals surface area contributed by atoms with Gasteiger partial charge in [0.25, 0.3) is 0 Å². The van der Waals surface area contributed by atoms with E-state index in [0.29, 0.717) is 27.7 Å². The molecule has 0 fully saturated rings. The SMILES string of the molecule is CCOC(=O)[C@@H](OC(=O)c1cc(-c2ccc(C)c(C)c2)nc2ccc(Br)cc12)c1ccccc1. The van der Waals surface area contributed by atoms with Gasteiger partial charge in [-0.2, -0.15) is 0 Å². The van der Waals surface area contributed by atoms with Gasteiger partial charge >= 0.3 is 11.9 Å². The van der Waals surface area contributed by atoms with Crippen molar-refractivity contribution in [2.45, 2.75) is 26.9 Å². The standard InChI is InChI=1S/C28H24BrNO4/c1-4-33-28(32)26(19-8-6-5-7-9-19)34-27(31)23-16-25(20-11-10-17(2)18(3)14-20)30-24-13-12-21(29)15-22(23)24/h5-16,26H,4H2,1-3H3/t26-/m0/s1. The third-order valence-electron chi connectivity index (χ3n) is 5.62. The maximum absolute atomic E-state index is 13.5. The molecule has 0 radical (unpaired) electrons. The Morgan fingerprint density at radius 2 is 1.71 bits per heavy atom. The summed E-state index contributed by atoms with van der Waals surface area (Å²) in [5.74, 6) is -1.24. The number of hydrogen-bond acceptors (Lipinski definition) is 5. The molecule has 5 nitrogen and oxygen atoms in total. The molecular formula is C28H24BrNO4. The van der Waals surface area contributed by atoms with Crippen molar-refractivity contribution >= 4 is 38.8 Å². The molecule has 1 aromatic heterocycles. The van der Waals surface area contributed by atoms with Crippen LogP contribution in [0.2, 0.25) is 0 Å². The molecule has 0 aliphatic carbocycles. The molecule has 0 amide bonds. The lowest BCUT2D eigenvalue weighted by molar-refractivity contribution is -0.153. The van der Waals surface area contributed by atoms with Crippen LogP contribution in [0.4, 0.5) is 0 Å². The monoisotopic (exact) mass is 517 g/mol. The number of aryl methyl sites for hydroxylation is 2. The smallest absolute Gasteiger partial charge is 0.352 e. The van der Waals surface area contributed by atoms with Crippen molar-refractivity contribution in [1.82, 2.24) is 4.98 Å². The second-order valence-electron chi connectivity index (χ2n) is 7.96. The van der Waals surface area contributed by atoms with E-state index in [0.717, 1.165) is 15.6 Å². The van der Waals surface area contributed by atoms with E-state index in [1.807, 2.05) is 56.3 Å². The second kappa shape index (κ2) is 10.2. The first-order valence-electron chi connectivity index (χ1n) is 11.0. The molecule has 6 heteroatoms. The van der Waals surface area contributed by atoms with Crippen molar-refractivity contribution in [3.05, 3.63) is 99.5 Å². The molecule has 4 rings (SSSR count). The van der Waals surface area contributed by atoms with Gasteiger partial charge in [-0.25, -0.2) is 14.6 Å². The van der Waals surface area contributed by atoms with E-state index in [1.165, 1.54) is 5.56 Å².